The van der Waals surface area contributed by atoms with Crippen molar-refractivity contribution in [3.05, 3.63) is 23.4 Å². The molecule has 0 atom stereocenters. The molecule has 0 aromatic carbocycles. The van der Waals surface area contributed by atoms with E-state index in [1.165, 1.54) is 0 Å². The Hall–Kier alpha value is -2.03. The largest absolute Gasteiger partial charge is 0.378 e. The summed E-state index contributed by atoms with van der Waals surface area (Å²) in [7, 11) is 0. The molecule has 0 bridgehead atoms. The van der Waals surface area contributed by atoms with Gasteiger partial charge >= 0.3 is 0 Å². The van der Waals surface area contributed by atoms with Crippen LogP contribution in [0, 0.1) is 0 Å². The molecule has 0 saturated carbocycles. The van der Waals surface area contributed by atoms with E-state index in [0.717, 1.165) is 26.2 Å². The van der Waals surface area contributed by atoms with Crippen LogP contribution in [0.4, 0.5) is 11.9 Å². The van der Waals surface area contributed by atoms with Crippen molar-refractivity contribution in [1.29, 1.82) is 0 Å². The van der Waals surface area contributed by atoms with E-state index in [2.05, 4.69) is 29.7 Å². The fraction of sp³-hybridized carbons (Fsp3) is 0.500. The Bertz CT molecular complexity index is 698. The minimum atomic E-state index is 0.416. The van der Waals surface area contributed by atoms with Gasteiger partial charge in [0.1, 0.15) is 10.8 Å². The summed E-state index contributed by atoms with van der Waals surface area (Å²) in [5, 5.41) is 0.416. The number of rotatable bonds is 3. The Balaban J connectivity index is 1.73. The Morgan fingerprint density at radius 1 is 0.760 bits per heavy atom. The van der Waals surface area contributed by atoms with E-state index < -0.39 is 0 Å². The molecule has 0 spiro atoms. The average Bonchev–Trinajstić information content (AvgIpc) is 2.69. The smallest absolute Gasteiger partial charge is 0.230 e. The highest BCUT2D eigenvalue weighted by atomic mass is 35.5. The lowest BCUT2D eigenvalue weighted by Crippen LogP contribution is -2.40. The number of halogens is 1. The summed E-state index contributed by atoms with van der Waals surface area (Å²) in [6.07, 6.45) is 0. The predicted molar refractivity (Wildman–Crippen MR) is 94.1 cm³/mol. The Morgan fingerprint density at radius 3 is 1.84 bits per heavy atom. The quantitative estimate of drug-likeness (QED) is 0.755. The lowest BCUT2D eigenvalue weighted by atomic mass is 10.3. The molecule has 9 heteroatoms. The maximum atomic E-state index is 6.04. The molecule has 132 valence electrons. The molecule has 0 aliphatic carbocycles. The van der Waals surface area contributed by atoms with Gasteiger partial charge < -0.3 is 19.3 Å². The lowest BCUT2D eigenvalue weighted by molar-refractivity contribution is 0.121. The van der Waals surface area contributed by atoms with E-state index in [0.29, 0.717) is 55.0 Å². The molecule has 2 aliphatic heterocycles. The number of pyridine rings is 1. The highest BCUT2D eigenvalue weighted by molar-refractivity contribution is 6.29. The predicted octanol–water partition coefficient (Wildman–Crippen LogP) is 1.26. The fourth-order valence-electron chi connectivity index (χ4n) is 2.81. The molecule has 8 nitrogen and oxygen atoms in total. The summed E-state index contributed by atoms with van der Waals surface area (Å²) >= 11 is 6.04. The molecule has 0 unspecified atom stereocenters. The maximum Gasteiger partial charge on any atom is 0.230 e. The first-order valence-electron chi connectivity index (χ1n) is 8.34. The van der Waals surface area contributed by atoms with Crippen molar-refractivity contribution in [2.75, 3.05) is 62.4 Å². The Labute approximate surface area is 150 Å². The molecular weight excluding hydrogens is 344 g/mol. The second-order valence-corrected chi connectivity index (χ2v) is 6.19. The molecule has 0 N–H and O–H groups in total. The van der Waals surface area contributed by atoms with Crippen LogP contribution >= 0.6 is 11.6 Å². The van der Waals surface area contributed by atoms with Gasteiger partial charge in [0.05, 0.1) is 26.4 Å². The normalized spacial score (nSPS) is 18.4. The molecular formula is C16H19ClN6O2. The van der Waals surface area contributed by atoms with E-state index in [9.17, 15) is 0 Å². The summed E-state index contributed by atoms with van der Waals surface area (Å²) in [6.45, 7) is 5.72. The van der Waals surface area contributed by atoms with Crippen molar-refractivity contribution < 1.29 is 9.47 Å². The van der Waals surface area contributed by atoms with Crippen LogP contribution < -0.4 is 9.80 Å². The van der Waals surface area contributed by atoms with Gasteiger partial charge in [-0.1, -0.05) is 17.7 Å². The number of anilines is 2. The van der Waals surface area contributed by atoms with Crippen molar-refractivity contribution in [2.24, 2.45) is 0 Å². The minimum absolute atomic E-state index is 0.416. The molecule has 2 aromatic heterocycles. The van der Waals surface area contributed by atoms with Crippen LogP contribution in [0.25, 0.3) is 11.5 Å². The minimum Gasteiger partial charge on any atom is -0.378 e. The third kappa shape index (κ3) is 3.81. The van der Waals surface area contributed by atoms with Gasteiger partial charge in [0, 0.05) is 26.2 Å². The van der Waals surface area contributed by atoms with Crippen molar-refractivity contribution in [3.8, 4) is 11.5 Å². The summed E-state index contributed by atoms with van der Waals surface area (Å²) in [5.41, 5.74) is 0.638. The molecule has 0 amide bonds. The molecule has 4 rings (SSSR count). The van der Waals surface area contributed by atoms with Gasteiger partial charge in [-0.15, -0.1) is 0 Å². The number of hydrogen-bond acceptors (Lipinski definition) is 8. The summed E-state index contributed by atoms with van der Waals surface area (Å²) < 4.78 is 10.9. The first kappa shape index (κ1) is 16.4. The number of nitrogens with zero attached hydrogens (tertiary/aromatic N) is 6. The first-order valence-corrected chi connectivity index (χ1v) is 8.72. The van der Waals surface area contributed by atoms with E-state index in [1.54, 1.807) is 6.07 Å². The maximum absolute atomic E-state index is 6.04. The van der Waals surface area contributed by atoms with Crippen molar-refractivity contribution in [1.82, 2.24) is 19.9 Å². The zero-order chi connectivity index (χ0) is 17.1. The number of morpholine rings is 2. The fourth-order valence-corrected chi connectivity index (χ4v) is 2.97. The number of aromatic nitrogens is 4. The van der Waals surface area contributed by atoms with Gasteiger partial charge in [-0.25, -0.2) is 4.98 Å². The van der Waals surface area contributed by atoms with Crippen molar-refractivity contribution >= 4 is 23.5 Å². The second-order valence-electron chi connectivity index (χ2n) is 5.80. The SMILES string of the molecule is Clc1cccc(-c2nc(N3CCOCC3)nc(N3CCOCC3)n2)n1. The standard InChI is InChI=1S/C16H19ClN6O2/c17-13-3-1-2-12(18-13)14-19-15(22-4-8-24-9-5-22)21-16(20-14)23-6-10-25-11-7-23/h1-3H,4-11H2. The Morgan fingerprint density at radius 2 is 1.32 bits per heavy atom. The van der Waals surface area contributed by atoms with Crippen molar-refractivity contribution in [2.45, 2.75) is 0 Å². The zero-order valence-corrected chi connectivity index (χ0v) is 14.5. The molecule has 2 aliphatic rings. The van der Waals surface area contributed by atoms with Gasteiger partial charge in [-0.05, 0) is 12.1 Å². The zero-order valence-electron chi connectivity index (χ0n) is 13.8. The highest BCUT2D eigenvalue weighted by Gasteiger charge is 2.21. The van der Waals surface area contributed by atoms with Crippen molar-refractivity contribution in [3.63, 3.8) is 0 Å². The first-order chi connectivity index (χ1) is 12.3. The van der Waals surface area contributed by atoms with Crippen LogP contribution in [0.2, 0.25) is 5.15 Å². The van der Waals surface area contributed by atoms with E-state index in [1.807, 2.05) is 12.1 Å². The van der Waals surface area contributed by atoms with Crippen LogP contribution in [0.1, 0.15) is 0 Å². The Kier molecular flexibility index (Phi) is 4.91. The molecule has 2 saturated heterocycles. The van der Waals surface area contributed by atoms with Gasteiger partial charge in [0.25, 0.3) is 0 Å². The van der Waals surface area contributed by atoms with E-state index in [4.69, 9.17) is 21.1 Å². The molecule has 0 radical (unpaired) electrons. The topological polar surface area (TPSA) is 76.5 Å². The summed E-state index contributed by atoms with van der Waals surface area (Å²) in [6, 6.07) is 5.43. The van der Waals surface area contributed by atoms with Gasteiger partial charge in [-0.3, -0.25) is 0 Å². The lowest BCUT2D eigenvalue weighted by Gasteiger charge is -2.30. The van der Waals surface area contributed by atoms with Gasteiger partial charge in [0.2, 0.25) is 11.9 Å². The molecule has 25 heavy (non-hydrogen) atoms. The average molecular weight is 363 g/mol. The summed E-state index contributed by atoms with van der Waals surface area (Å²) in [5.74, 6) is 1.83. The third-order valence-electron chi connectivity index (χ3n) is 4.14. The monoisotopic (exact) mass is 362 g/mol. The van der Waals surface area contributed by atoms with E-state index in [-0.39, 0.29) is 0 Å². The van der Waals surface area contributed by atoms with Crippen LogP contribution in [0.5, 0.6) is 0 Å². The highest BCUT2D eigenvalue weighted by Crippen LogP contribution is 2.22. The van der Waals surface area contributed by atoms with Crippen LogP contribution in [-0.2, 0) is 9.47 Å². The van der Waals surface area contributed by atoms with Crippen LogP contribution in [-0.4, -0.2) is 72.5 Å². The number of ether oxygens (including phenoxy) is 2. The molecule has 4 heterocycles. The second kappa shape index (κ2) is 7.47. The van der Waals surface area contributed by atoms with Gasteiger partial charge in [0.15, 0.2) is 5.82 Å². The molecule has 2 aromatic rings. The number of hydrogen-bond donors (Lipinski definition) is 0. The molecule has 2 fully saturated rings. The van der Waals surface area contributed by atoms with Gasteiger partial charge in [-0.2, -0.15) is 15.0 Å². The van der Waals surface area contributed by atoms with E-state index >= 15 is 0 Å². The van der Waals surface area contributed by atoms with Crippen LogP contribution in [0.15, 0.2) is 18.2 Å². The summed E-state index contributed by atoms with van der Waals surface area (Å²) in [4.78, 5) is 22.5. The third-order valence-corrected chi connectivity index (χ3v) is 4.35. The van der Waals surface area contributed by atoms with Crippen LogP contribution in [0.3, 0.4) is 0 Å².